The van der Waals surface area contributed by atoms with Crippen molar-refractivity contribution < 1.29 is 9.53 Å². The Morgan fingerprint density at radius 3 is 2.60 bits per heavy atom. The molecule has 1 amide bonds. The molecule has 2 aliphatic heterocycles. The minimum absolute atomic E-state index is 0.0426. The number of piperidine rings is 2. The van der Waals surface area contributed by atoms with Gasteiger partial charge in [0.15, 0.2) is 0 Å². The predicted molar refractivity (Wildman–Crippen MR) is 119 cm³/mol. The number of anilines is 1. The summed E-state index contributed by atoms with van der Waals surface area (Å²) in [4.78, 5) is 21.5. The maximum absolute atomic E-state index is 12.5. The van der Waals surface area contributed by atoms with Crippen LogP contribution >= 0.6 is 0 Å². The number of ether oxygens (including phenoxy) is 1. The average molecular weight is 409 g/mol. The molecule has 0 saturated carbocycles. The fourth-order valence-corrected chi connectivity index (χ4v) is 4.55. The first kappa shape index (κ1) is 20.8. The number of hydrogen-bond acceptors (Lipinski definition) is 5. The number of rotatable bonds is 6. The van der Waals surface area contributed by atoms with Crippen molar-refractivity contribution in [3.05, 3.63) is 48.8 Å². The zero-order valence-electron chi connectivity index (χ0n) is 17.8. The SMILES string of the molecule is CC1CCCN(C2CCN(CC(=O)Nc3ccc(Oc4cccnc4)cc3)CC2)C1. The lowest BCUT2D eigenvalue weighted by atomic mass is 9.95. The van der Waals surface area contributed by atoms with Crippen LogP contribution in [0.25, 0.3) is 0 Å². The number of pyridine rings is 1. The Hall–Kier alpha value is -2.44. The Morgan fingerprint density at radius 1 is 1.10 bits per heavy atom. The summed E-state index contributed by atoms with van der Waals surface area (Å²) >= 11 is 0. The molecule has 1 unspecified atom stereocenters. The second-order valence-corrected chi connectivity index (χ2v) is 8.61. The summed E-state index contributed by atoms with van der Waals surface area (Å²) in [5.74, 6) is 2.27. The van der Waals surface area contributed by atoms with Crippen LogP contribution in [0.15, 0.2) is 48.8 Å². The van der Waals surface area contributed by atoms with E-state index in [4.69, 9.17) is 4.74 Å². The second kappa shape index (κ2) is 10.0. The molecule has 1 aromatic heterocycles. The van der Waals surface area contributed by atoms with Gasteiger partial charge in [-0.1, -0.05) is 6.92 Å². The number of carbonyl (C=O) groups excluding carboxylic acids is 1. The Labute approximate surface area is 179 Å². The van der Waals surface area contributed by atoms with Crippen molar-refractivity contribution in [2.75, 3.05) is 38.0 Å². The standard InChI is InChI=1S/C24H32N4O2/c1-19-4-3-13-28(17-19)21-10-14-27(15-11-21)18-24(29)26-20-6-8-22(9-7-20)30-23-5-2-12-25-16-23/h2,5-9,12,16,19,21H,3-4,10-11,13-15,17-18H2,1H3,(H,26,29). The van der Waals surface area contributed by atoms with Gasteiger partial charge in [0.2, 0.25) is 5.91 Å². The Kier molecular flexibility index (Phi) is 6.97. The molecule has 30 heavy (non-hydrogen) atoms. The number of likely N-dealkylation sites (tertiary alicyclic amines) is 2. The van der Waals surface area contributed by atoms with E-state index in [1.807, 2.05) is 36.4 Å². The fourth-order valence-electron chi connectivity index (χ4n) is 4.55. The summed E-state index contributed by atoms with van der Waals surface area (Å²) in [6.07, 6.45) is 8.41. The molecule has 3 heterocycles. The molecule has 2 fully saturated rings. The van der Waals surface area contributed by atoms with Crippen LogP contribution in [-0.2, 0) is 4.79 Å². The smallest absolute Gasteiger partial charge is 0.238 e. The number of nitrogens with zero attached hydrogens (tertiary/aromatic N) is 3. The Balaban J connectivity index is 1.20. The molecule has 0 radical (unpaired) electrons. The zero-order valence-corrected chi connectivity index (χ0v) is 17.8. The molecule has 2 saturated heterocycles. The van der Waals surface area contributed by atoms with Gasteiger partial charge < -0.3 is 15.0 Å². The van der Waals surface area contributed by atoms with Crippen LogP contribution in [-0.4, -0.2) is 59.5 Å². The molecule has 0 bridgehead atoms. The highest BCUT2D eigenvalue weighted by atomic mass is 16.5. The third-order valence-electron chi connectivity index (χ3n) is 6.14. The minimum Gasteiger partial charge on any atom is -0.456 e. The molecular weight excluding hydrogens is 376 g/mol. The van der Waals surface area contributed by atoms with Crippen molar-refractivity contribution in [2.45, 2.75) is 38.6 Å². The topological polar surface area (TPSA) is 57.7 Å². The van der Waals surface area contributed by atoms with Crippen molar-refractivity contribution in [3.63, 3.8) is 0 Å². The highest BCUT2D eigenvalue weighted by molar-refractivity contribution is 5.92. The van der Waals surface area contributed by atoms with E-state index >= 15 is 0 Å². The Morgan fingerprint density at radius 2 is 1.90 bits per heavy atom. The van der Waals surface area contributed by atoms with E-state index in [9.17, 15) is 4.79 Å². The van der Waals surface area contributed by atoms with Gasteiger partial charge in [0.1, 0.15) is 11.5 Å². The third kappa shape index (κ3) is 5.80. The summed E-state index contributed by atoms with van der Waals surface area (Å²) < 4.78 is 5.74. The van der Waals surface area contributed by atoms with E-state index in [1.165, 1.54) is 38.8 Å². The van der Waals surface area contributed by atoms with E-state index < -0.39 is 0 Å². The second-order valence-electron chi connectivity index (χ2n) is 8.61. The lowest BCUT2D eigenvalue weighted by Crippen LogP contribution is -2.49. The van der Waals surface area contributed by atoms with Crippen molar-refractivity contribution in [2.24, 2.45) is 5.92 Å². The maximum atomic E-state index is 12.5. The molecule has 1 N–H and O–H groups in total. The maximum Gasteiger partial charge on any atom is 0.238 e. The molecular formula is C24H32N4O2. The van der Waals surface area contributed by atoms with Crippen LogP contribution in [0, 0.1) is 5.92 Å². The van der Waals surface area contributed by atoms with Gasteiger partial charge in [-0.05, 0) is 74.5 Å². The van der Waals surface area contributed by atoms with E-state index in [2.05, 4.69) is 27.0 Å². The molecule has 6 nitrogen and oxygen atoms in total. The molecule has 0 spiro atoms. The van der Waals surface area contributed by atoms with E-state index in [-0.39, 0.29) is 5.91 Å². The summed E-state index contributed by atoms with van der Waals surface area (Å²) in [5.41, 5.74) is 0.788. The first-order valence-corrected chi connectivity index (χ1v) is 11.1. The van der Waals surface area contributed by atoms with Gasteiger partial charge in [0.25, 0.3) is 0 Å². The van der Waals surface area contributed by atoms with Crippen LogP contribution in [0.4, 0.5) is 5.69 Å². The monoisotopic (exact) mass is 408 g/mol. The van der Waals surface area contributed by atoms with Gasteiger partial charge in [-0.15, -0.1) is 0 Å². The highest BCUT2D eigenvalue weighted by Crippen LogP contribution is 2.24. The van der Waals surface area contributed by atoms with E-state index in [0.717, 1.165) is 30.4 Å². The molecule has 160 valence electrons. The van der Waals surface area contributed by atoms with Gasteiger partial charge in [-0.25, -0.2) is 0 Å². The van der Waals surface area contributed by atoms with Crippen molar-refractivity contribution in [1.29, 1.82) is 0 Å². The van der Waals surface area contributed by atoms with Gasteiger partial charge in [0.05, 0.1) is 12.7 Å². The van der Waals surface area contributed by atoms with E-state index in [1.54, 1.807) is 12.4 Å². The van der Waals surface area contributed by atoms with Gasteiger partial charge in [0, 0.05) is 37.6 Å². The number of benzene rings is 1. The summed E-state index contributed by atoms with van der Waals surface area (Å²) in [5, 5.41) is 3.00. The van der Waals surface area contributed by atoms with Crippen molar-refractivity contribution in [3.8, 4) is 11.5 Å². The number of hydrogen-bond donors (Lipinski definition) is 1. The summed E-state index contributed by atoms with van der Waals surface area (Å²) in [6.45, 7) is 7.31. The zero-order chi connectivity index (χ0) is 20.8. The first-order valence-electron chi connectivity index (χ1n) is 11.1. The van der Waals surface area contributed by atoms with Gasteiger partial charge >= 0.3 is 0 Å². The average Bonchev–Trinajstić information content (AvgIpc) is 2.76. The third-order valence-corrected chi connectivity index (χ3v) is 6.14. The van der Waals surface area contributed by atoms with Gasteiger partial charge in [-0.2, -0.15) is 0 Å². The van der Waals surface area contributed by atoms with Gasteiger partial charge in [-0.3, -0.25) is 14.7 Å². The number of carbonyl (C=O) groups is 1. The van der Waals surface area contributed by atoms with Crippen LogP contribution in [0.3, 0.4) is 0 Å². The molecule has 4 rings (SSSR count). The van der Waals surface area contributed by atoms with Crippen molar-refractivity contribution >= 4 is 11.6 Å². The van der Waals surface area contributed by atoms with Crippen LogP contribution in [0.5, 0.6) is 11.5 Å². The minimum atomic E-state index is 0.0426. The predicted octanol–water partition coefficient (Wildman–Crippen LogP) is 4.01. The Bertz CT molecular complexity index is 804. The molecule has 6 heteroatoms. The van der Waals surface area contributed by atoms with Crippen LogP contribution in [0.2, 0.25) is 0 Å². The fraction of sp³-hybridized carbons (Fsp3) is 0.500. The quantitative estimate of drug-likeness (QED) is 0.783. The lowest BCUT2D eigenvalue weighted by molar-refractivity contribution is -0.117. The van der Waals surface area contributed by atoms with Crippen molar-refractivity contribution in [1.82, 2.24) is 14.8 Å². The van der Waals surface area contributed by atoms with Crippen LogP contribution in [0.1, 0.15) is 32.6 Å². The normalized spacial score (nSPS) is 21.3. The molecule has 2 aliphatic rings. The lowest BCUT2D eigenvalue weighted by Gasteiger charge is -2.41. The largest absolute Gasteiger partial charge is 0.456 e. The summed E-state index contributed by atoms with van der Waals surface area (Å²) in [7, 11) is 0. The molecule has 2 aromatic rings. The summed E-state index contributed by atoms with van der Waals surface area (Å²) in [6, 6.07) is 11.8. The molecule has 1 aromatic carbocycles. The first-order chi connectivity index (χ1) is 14.7. The number of aromatic nitrogens is 1. The highest BCUT2D eigenvalue weighted by Gasteiger charge is 2.28. The molecule has 0 aliphatic carbocycles. The van der Waals surface area contributed by atoms with E-state index in [0.29, 0.717) is 18.3 Å². The van der Waals surface area contributed by atoms with Crippen LogP contribution < -0.4 is 10.1 Å². The molecule has 1 atom stereocenters. The number of nitrogens with one attached hydrogen (secondary N) is 1. The number of amides is 1.